The van der Waals surface area contributed by atoms with Crippen LogP contribution in [0.25, 0.3) is 17.1 Å². The number of imidazole rings is 1. The number of carbonyl (C=O) groups is 1. The number of nitrogens with zero attached hydrogens (tertiary/aromatic N) is 4. The fraction of sp³-hybridized carbons (Fsp3) is 0.240. The summed E-state index contributed by atoms with van der Waals surface area (Å²) >= 11 is 0. The Hall–Kier alpha value is -4.10. The van der Waals surface area contributed by atoms with Gasteiger partial charge in [-0.05, 0) is 52.0 Å². The molecule has 3 N–H and O–H groups in total. The maximum Gasteiger partial charge on any atom is 0.416 e. The summed E-state index contributed by atoms with van der Waals surface area (Å²) in [5.41, 5.74) is 1.03. The van der Waals surface area contributed by atoms with E-state index < -0.39 is 17.8 Å². The first-order chi connectivity index (χ1) is 17.9. The number of aryl methyl sites for hydroxylation is 3. The van der Waals surface area contributed by atoms with E-state index in [0.29, 0.717) is 35.1 Å². The second-order valence-electron chi connectivity index (χ2n) is 8.38. The Balaban J connectivity index is 0.00000280. The topological polar surface area (TPSA) is 127 Å². The van der Waals surface area contributed by atoms with E-state index in [1.54, 1.807) is 33.9 Å². The molecule has 0 unspecified atom stereocenters. The van der Waals surface area contributed by atoms with Gasteiger partial charge in [-0.25, -0.2) is 19.7 Å². The molecule has 0 aliphatic rings. The minimum Gasteiger partial charge on any atom is -0.488 e. The number of H-pyrrole nitrogens is 1. The van der Waals surface area contributed by atoms with Crippen LogP contribution >= 0.6 is 24.8 Å². The third-order valence-corrected chi connectivity index (χ3v) is 5.45. The van der Waals surface area contributed by atoms with Crippen LogP contribution in [-0.2, 0) is 6.18 Å². The quantitative estimate of drug-likeness (QED) is 0.255. The van der Waals surface area contributed by atoms with Gasteiger partial charge in [0.1, 0.15) is 0 Å². The smallest absolute Gasteiger partial charge is 0.416 e. The highest BCUT2D eigenvalue weighted by molar-refractivity contribution is 6.00. The van der Waals surface area contributed by atoms with E-state index in [4.69, 9.17) is 4.74 Å². The molecule has 0 saturated heterocycles. The highest BCUT2D eigenvalue weighted by Gasteiger charge is 2.31. The number of rotatable bonds is 6. The molecule has 0 spiro atoms. The number of hydrogen-bond donors (Lipinski definition) is 3. The van der Waals surface area contributed by atoms with Crippen LogP contribution in [0.15, 0.2) is 47.8 Å². The molecule has 15 heteroatoms. The molecule has 0 bridgehead atoms. The van der Waals surface area contributed by atoms with E-state index in [9.17, 15) is 22.8 Å². The van der Waals surface area contributed by atoms with Crippen LogP contribution in [0, 0.1) is 20.8 Å². The van der Waals surface area contributed by atoms with Crippen LogP contribution in [0.1, 0.15) is 29.6 Å². The Kier molecular flexibility index (Phi) is 10.3. The first-order valence-electron chi connectivity index (χ1n) is 11.5. The predicted molar refractivity (Wildman–Crippen MR) is 149 cm³/mol. The number of anilines is 2. The van der Waals surface area contributed by atoms with Gasteiger partial charge in [-0.15, -0.1) is 24.8 Å². The van der Waals surface area contributed by atoms with Gasteiger partial charge in [-0.1, -0.05) is 0 Å². The van der Waals surface area contributed by atoms with Gasteiger partial charge in [0.15, 0.2) is 11.6 Å². The van der Waals surface area contributed by atoms with Crippen LogP contribution in [0.5, 0.6) is 5.75 Å². The Morgan fingerprint density at radius 3 is 2.30 bits per heavy atom. The summed E-state index contributed by atoms with van der Waals surface area (Å²) in [5, 5.41) is 5.06. The molecule has 3 heterocycles. The molecule has 40 heavy (non-hydrogen) atoms. The summed E-state index contributed by atoms with van der Waals surface area (Å²) < 4.78 is 47.3. The van der Waals surface area contributed by atoms with Gasteiger partial charge in [0.2, 0.25) is 0 Å². The second-order valence-corrected chi connectivity index (χ2v) is 8.38. The molecule has 2 amide bonds. The van der Waals surface area contributed by atoms with Crippen molar-refractivity contribution in [1.29, 1.82) is 0 Å². The number of hydrogen-bond acceptors (Lipinski definition) is 6. The summed E-state index contributed by atoms with van der Waals surface area (Å²) in [6, 6.07) is 3.96. The number of carbonyl (C=O) groups excluding carboxylic acids is 1. The van der Waals surface area contributed by atoms with E-state index in [1.807, 2.05) is 0 Å². The number of alkyl halides is 3. The number of ether oxygens (including phenoxy) is 1. The van der Waals surface area contributed by atoms with Gasteiger partial charge < -0.3 is 24.9 Å². The van der Waals surface area contributed by atoms with Crippen molar-refractivity contribution in [2.75, 3.05) is 17.2 Å². The SMILES string of the molecule is CCOc1cc(-c2nc(C)c(NC(=O)Nc3cc(-n4cnc(C)c4)cc(C(F)(F)F)c3)c(C)n2)c[nH]c1=O.Cl.Cl. The lowest BCUT2D eigenvalue weighted by Crippen LogP contribution is -2.22. The van der Waals surface area contributed by atoms with Gasteiger partial charge in [-0.3, -0.25) is 4.79 Å². The van der Waals surface area contributed by atoms with Gasteiger partial charge in [-0.2, -0.15) is 13.2 Å². The van der Waals surface area contributed by atoms with Crippen molar-refractivity contribution >= 4 is 42.2 Å². The molecular formula is C25H26Cl2F3N7O3. The molecule has 0 atom stereocenters. The van der Waals surface area contributed by atoms with Crippen LogP contribution < -0.4 is 20.9 Å². The summed E-state index contributed by atoms with van der Waals surface area (Å²) in [6.45, 7) is 7.06. The number of aromatic amines is 1. The normalized spacial score (nSPS) is 10.8. The van der Waals surface area contributed by atoms with E-state index in [1.165, 1.54) is 29.2 Å². The fourth-order valence-electron chi connectivity index (χ4n) is 3.72. The zero-order chi connectivity index (χ0) is 27.6. The number of nitrogens with one attached hydrogen (secondary N) is 3. The van der Waals surface area contributed by atoms with Crippen molar-refractivity contribution in [1.82, 2.24) is 24.5 Å². The predicted octanol–water partition coefficient (Wildman–Crippen LogP) is 5.85. The summed E-state index contributed by atoms with van der Waals surface area (Å²) in [5.74, 6) is 0.415. The molecule has 0 radical (unpaired) electrons. The van der Waals surface area contributed by atoms with E-state index in [-0.39, 0.29) is 53.2 Å². The van der Waals surface area contributed by atoms with Crippen molar-refractivity contribution in [3.05, 3.63) is 76.0 Å². The monoisotopic (exact) mass is 599 g/mol. The highest BCUT2D eigenvalue weighted by atomic mass is 35.5. The molecule has 3 aromatic heterocycles. The molecular weight excluding hydrogens is 574 g/mol. The lowest BCUT2D eigenvalue weighted by Gasteiger charge is -2.15. The molecule has 4 aromatic rings. The van der Waals surface area contributed by atoms with Crippen LogP contribution in [-0.4, -0.2) is 37.1 Å². The Morgan fingerprint density at radius 1 is 1.05 bits per heavy atom. The van der Waals surface area contributed by atoms with Crippen molar-refractivity contribution in [3.8, 4) is 22.8 Å². The number of amides is 2. The summed E-state index contributed by atoms with van der Waals surface area (Å²) in [6.07, 6.45) is -0.213. The maximum atomic E-state index is 13.5. The summed E-state index contributed by atoms with van der Waals surface area (Å²) in [7, 11) is 0. The van der Waals surface area contributed by atoms with E-state index >= 15 is 0 Å². The first-order valence-corrected chi connectivity index (χ1v) is 11.5. The number of urea groups is 1. The lowest BCUT2D eigenvalue weighted by molar-refractivity contribution is -0.137. The Morgan fingerprint density at radius 2 is 1.73 bits per heavy atom. The van der Waals surface area contributed by atoms with Gasteiger partial charge in [0, 0.05) is 29.3 Å². The van der Waals surface area contributed by atoms with Gasteiger partial charge >= 0.3 is 12.2 Å². The van der Waals surface area contributed by atoms with Crippen LogP contribution in [0.3, 0.4) is 0 Å². The molecule has 0 aliphatic carbocycles. The van der Waals surface area contributed by atoms with Crippen molar-refractivity contribution in [2.45, 2.75) is 33.9 Å². The third-order valence-electron chi connectivity index (χ3n) is 5.45. The largest absolute Gasteiger partial charge is 0.488 e. The van der Waals surface area contributed by atoms with Gasteiger partial charge in [0.25, 0.3) is 5.56 Å². The maximum absolute atomic E-state index is 13.5. The van der Waals surface area contributed by atoms with Crippen molar-refractivity contribution in [3.63, 3.8) is 0 Å². The van der Waals surface area contributed by atoms with E-state index in [2.05, 4.69) is 30.6 Å². The van der Waals surface area contributed by atoms with E-state index in [0.717, 1.165) is 12.1 Å². The molecule has 1 aromatic carbocycles. The highest BCUT2D eigenvalue weighted by Crippen LogP contribution is 2.33. The standard InChI is InChI=1S/C25H24F3N7O3.2ClH/c1-5-38-20-6-16(10-29-23(20)36)22-31-14(3)21(15(4)32-22)34-24(37)33-18-7-17(25(26,27)28)8-19(9-18)35-11-13(2)30-12-35;;/h6-12H,5H2,1-4H3,(H,29,36)(H2,33,34,37);2*1H. The number of halogens is 5. The average Bonchev–Trinajstić information content (AvgIpc) is 3.28. The lowest BCUT2D eigenvalue weighted by atomic mass is 10.1. The molecule has 10 nitrogen and oxygen atoms in total. The minimum atomic E-state index is -4.63. The molecule has 214 valence electrons. The number of pyridine rings is 1. The van der Waals surface area contributed by atoms with Crippen molar-refractivity contribution in [2.24, 2.45) is 0 Å². The molecule has 4 rings (SSSR count). The molecule has 0 fully saturated rings. The molecule has 0 saturated carbocycles. The Labute approximate surface area is 239 Å². The average molecular weight is 600 g/mol. The zero-order valence-corrected chi connectivity index (χ0v) is 23.3. The van der Waals surface area contributed by atoms with Crippen LogP contribution in [0.2, 0.25) is 0 Å². The number of aromatic nitrogens is 5. The fourth-order valence-corrected chi connectivity index (χ4v) is 3.72. The summed E-state index contributed by atoms with van der Waals surface area (Å²) in [4.78, 5) is 40.1. The van der Waals surface area contributed by atoms with Crippen molar-refractivity contribution < 1.29 is 22.7 Å². The minimum absolute atomic E-state index is 0. The zero-order valence-electron chi connectivity index (χ0n) is 21.7. The first kappa shape index (κ1) is 32.1. The number of benzene rings is 1. The Bertz CT molecular complexity index is 1550. The van der Waals surface area contributed by atoms with Crippen LogP contribution in [0.4, 0.5) is 29.3 Å². The molecule has 0 aliphatic heterocycles. The second kappa shape index (κ2) is 12.8. The van der Waals surface area contributed by atoms with Gasteiger partial charge in [0.05, 0.1) is 41.3 Å². The third kappa shape index (κ3) is 7.30.